The molecule has 8 unspecified atom stereocenters. The molecule has 0 heterocycles. The van der Waals surface area contributed by atoms with Crippen LogP contribution in [0.15, 0.2) is 12.2 Å². The average molecular weight is 320 g/mol. The first-order valence-corrected chi connectivity index (χ1v) is 9.25. The minimum Gasteiger partial charge on any atom is -0.436 e. The summed E-state index contributed by atoms with van der Waals surface area (Å²) in [4.78, 5) is 12.4. The molecule has 4 bridgehead atoms. The summed E-state index contributed by atoms with van der Waals surface area (Å²) >= 11 is 0. The van der Waals surface area contributed by atoms with E-state index in [-0.39, 0.29) is 29.8 Å². The number of aliphatic hydroxyl groups is 1. The molecule has 3 saturated carbocycles. The number of ether oxygens (including phenoxy) is 2. The summed E-state index contributed by atoms with van der Waals surface area (Å²) in [6, 6.07) is 0. The first-order valence-electron chi connectivity index (χ1n) is 9.25. The van der Waals surface area contributed by atoms with Crippen LogP contribution in [-0.4, -0.2) is 29.6 Å². The van der Waals surface area contributed by atoms with Crippen LogP contribution in [0.5, 0.6) is 0 Å². The summed E-state index contributed by atoms with van der Waals surface area (Å²) in [5.41, 5.74) is 0.316. The van der Waals surface area contributed by atoms with Crippen molar-refractivity contribution in [3.05, 3.63) is 12.2 Å². The van der Waals surface area contributed by atoms with Gasteiger partial charge >= 0.3 is 5.97 Å². The zero-order valence-electron chi connectivity index (χ0n) is 14.1. The average Bonchev–Trinajstić information content (AvgIpc) is 3.27. The van der Waals surface area contributed by atoms with Crippen molar-refractivity contribution < 1.29 is 19.4 Å². The zero-order chi connectivity index (χ0) is 16.2. The van der Waals surface area contributed by atoms with Gasteiger partial charge in [0.05, 0.1) is 18.1 Å². The van der Waals surface area contributed by atoms with Gasteiger partial charge in [0.1, 0.15) is 0 Å². The van der Waals surface area contributed by atoms with Gasteiger partial charge in [-0.1, -0.05) is 19.1 Å². The molecule has 4 aliphatic rings. The number of carbonyl (C=O) groups excluding carboxylic acids is 1. The van der Waals surface area contributed by atoms with Crippen molar-refractivity contribution >= 4 is 5.97 Å². The molecule has 4 heteroatoms. The summed E-state index contributed by atoms with van der Waals surface area (Å²) in [5, 5.41) is 10.0. The van der Waals surface area contributed by atoms with E-state index in [1.54, 1.807) is 0 Å². The molecule has 0 radical (unpaired) electrons. The lowest BCUT2D eigenvalue weighted by Gasteiger charge is -2.35. The maximum atomic E-state index is 12.4. The lowest BCUT2D eigenvalue weighted by atomic mass is 9.79. The molecule has 1 N–H and O–H groups in total. The van der Waals surface area contributed by atoms with Crippen molar-refractivity contribution in [2.45, 2.75) is 70.9 Å². The third-order valence-corrected chi connectivity index (χ3v) is 7.03. The molecule has 0 saturated heterocycles. The Hall–Kier alpha value is -0.870. The number of fused-ring (bicyclic) bond motifs is 4. The van der Waals surface area contributed by atoms with Gasteiger partial charge in [-0.15, -0.1) is 0 Å². The largest absolute Gasteiger partial charge is 0.436 e. The topological polar surface area (TPSA) is 55.8 Å². The van der Waals surface area contributed by atoms with Crippen LogP contribution in [0, 0.1) is 29.1 Å². The van der Waals surface area contributed by atoms with Crippen molar-refractivity contribution in [1.82, 2.24) is 0 Å². The highest BCUT2D eigenvalue weighted by molar-refractivity contribution is 5.74. The molecule has 4 rings (SSSR count). The normalized spacial score (nSPS) is 48.1. The Morgan fingerprint density at radius 1 is 1.39 bits per heavy atom. The van der Waals surface area contributed by atoms with Crippen LogP contribution in [0.25, 0.3) is 0 Å². The van der Waals surface area contributed by atoms with Crippen molar-refractivity contribution in [3.8, 4) is 0 Å². The van der Waals surface area contributed by atoms with E-state index in [1.165, 1.54) is 19.3 Å². The van der Waals surface area contributed by atoms with Gasteiger partial charge in [-0.05, 0) is 56.8 Å². The van der Waals surface area contributed by atoms with E-state index in [4.69, 9.17) is 9.47 Å². The van der Waals surface area contributed by atoms with Crippen molar-refractivity contribution in [2.75, 3.05) is 0 Å². The van der Waals surface area contributed by atoms with Crippen molar-refractivity contribution in [2.24, 2.45) is 29.1 Å². The highest BCUT2D eigenvalue weighted by Crippen LogP contribution is 2.57. The van der Waals surface area contributed by atoms with Gasteiger partial charge in [0, 0.05) is 11.8 Å². The zero-order valence-corrected chi connectivity index (χ0v) is 14.1. The molecule has 128 valence electrons. The van der Waals surface area contributed by atoms with Crippen molar-refractivity contribution in [3.63, 3.8) is 0 Å². The Kier molecular flexibility index (Phi) is 3.80. The molecule has 23 heavy (non-hydrogen) atoms. The van der Waals surface area contributed by atoms with Crippen LogP contribution < -0.4 is 0 Å². The Balaban J connectivity index is 1.33. The van der Waals surface area contributed by atoms with Gasteiger partial charge in [0.25, 0.3) is 0 Å². The van der Waals surface area contributed by atoms with E-state index in [2.05, 4.69) is 6.92 Å². The maximum absolute atomic E-state index is 12.4. The Morgan fingerprint density at radius 2 is 2.22 bits per heavy atom. The smallest absolute Gasteiger partial charge is 0.311 e. The summed E-state index contributed by atoms with van der Waals surface area (Å²) in [7, 11) is 0. The van der Waals surface area contributed by atoms with Gasteiger partial charge in [-0.25, -0.2) is 0 Å². The van der Waals surface area contributed by atoms with E-state index in [0.29, 0.717) is 11.8 Å². The highest BCUT2D eigenvalue weighted by Gasteiger charge is 2.52. The second kappa shape index (κ2) is 5.59. The Bertz CT molecular complexity index is 515. The van der Waals surface area contributed by atoms with Gasteiger partial charge in [-0.3, -0.25) is 4.79 Å². The number of aliphatic hydroxyl groups excluding tert-OH is 1. The van der Waals surface area contributed by atoms with Gasteiger partial charge < -0.3 is 14.6 Å². The number of esters is 1. The number of hydrogen-bond donors (Lipinski definition) is 1. The molecule has 0 aromatic rings. The fraction of sp³-hybridized carbons (Fsp3) is 0.842. The lowest BCUT2D eigenvalue weighted by Crippen LogP contribution is -2.37. The third-order valence-electron chi connectivity index (χ3n) is 7.03. The molecule has 8 atom stereocenters. The lowest BCUT2D eigenvalue weighted by molar-refractivity contribution is -0.202. The van der Waals surface area contributed by atoms with Crippen molar-refractivity contribution in [1.29, 1.82) is 0 Å². The second-order valence-electron chi connectivity index (χ2n) is 8.15. The van der Waals surface area contributed by atoms with Crippen LogP contribution in [-0.2, 0) is 14.3 Å². The summed E-state index contributed by atoms with van der Waals surface area (Å²) < 4.78 is 11.7. The van der Waals surface area contributed by atoms with Crippen LogP contribution in [0.1, 0.15) is 52.4 Å². The fourth-order valence-electron chi connectivity index (χ4n) is 5.65. The number of rotatable bonds is 5. The van der Waals surface area contributed by atoms with E-state index < -0.39 is 12.4 Å². The van der Waals surface area contributed by atoms with Gasteiger partial charge in [0.2, 0.25) is 0 Å². The SMILES string of the molecule is CCC12CCC(CC1OC(C)OC(=O)C1CC3C=CC1C3O)C2. The summed E-state index contributed by atoms with van der Waals surface area (Å²) in [5.74, 6) is 0.453. The number of carbonyl (C=O) groups is 1. The first-order chi connectivity index (χ1) is 11.0. The molecular weight excluding hydrogens is 292 g/mol. The Labute approximate surface area is 138 Å². The predicted molar refractivity (Wildman–Crippen MR) is 85.3 cm³/mol. The van der Waals surface area contributed by atoms with Crippen LogP contribution in [0.4, 0.5) is 0 Å². The summed E-state index contributed by atoms with van der Waals surface area (Å²) in [6.07, 6.45) is 10.2. The third kappa shape index (κ3) is 2.45. The van der Waals surface area contributed by atoms with Crippen LogP contribution in [0.3, 0.4) is 0 Å². The molecule has 0 amide bonds. The van der Waals surface area contributed by atoms with Gasteiger partial charge in [0.15, 0.2) is 6.29 Å². The van der Waals surface area contributed by atoms with Crippen LogP contribution in [0.2, 0.25) is 0 Å². The first kappa shape index (κ1) is 15.6. The standard InChI is InChI=1S/C19H28O4/c1-3-19-7-6-12(10-19)8-16(19)22-11(2)23-18(21)15-9-13-4-5-14(15)17(13)20/h4-5,11-17,20H,3,6-10H2,1-2H3. The predicted octanol–water partition coefficient (Wildman–Crippen LogP) is 3.04. The molecule has 3 fully saturated rings. The maximum Gasteiger partial charge on any atom is 0.311 e. The molecular formula is C19H28O4. The molecule has 4 aliphatic carbocycles. The van der Waals surface area contributed by atoms with E-state index in [0.717, 1.165) is 18.8 Å². The molecule has 0 aromatic carbocycles. The summed E-state index contributed by atoms with van der Waals surface area (Å²) in [6.45, 7) is 4.09. The quantitative estimate of drug-likeness (QED) is 0.480. The molecule has 0 aromatic heterocycles. The minimum absolute atomic E-state index is 0.0656. The highest BCUT2D eigenvalue weighted by atomic mass is 16.7. The number of hydrogen-bond acceptors (Lipinski definition) is 4. The second-order valence-corrected chi connectivity index (χ2v) is 8.15. The van der Waals surface area contributed by atoms with E-state index in [1.807, 2.05) is 19.1 Å². The molecule has 4 nitrogen and oxygen atoms in total. The molecule has 0 spiro atoms. The van der Waals surface area contributed by atoms with E-state index in [9.17, 15) is 9.90 Å². The molecule has 0 aliphatic heterocycles. The fourth-order valence-corrected chi connectivity index (χ4v) is 5.65. The van der Waals surface area contributed by atoms with Gasteiger partial charge in [-0.2, -0.15) is 0 Å². The monoisotopic (exact) mass is 320 g/mol. The van der Waals surface area contributed by atoms with Crippen LogP contribution >= 0.6 is 0 Å². The Morgan fingerprint density at radius 3 is 2.83 bits per heavy atom. The van der Waals surface area contributed by atoms with E-state index >= 15 is 0 Å². The minimum atomic E-state index is -0.490.